The molecule has 1 aliphatic heterocycles. The third-order valence-electron chi connectivity index (χ3n) is 3.17. The molecule has 0 radical (unpaired) electrons. The zero-order valence-corrected chi connectivity index (χ0v) is 10.8. The predicted molar refractivity (Wildman–Crippen MR) is 74.0 cm³/mol. The topological polar surface area (TPSA) is 53.5 Å². The number of nitrogens with zero attached hydrogens (tertiary/aromatic N) is 3. The lowest BCUT2D eigenvalue weighted by Gasteiger charge is -2.17. The molecule has 3 amide bonds. The van der Waals surface area contributed by atoms with E-state index in [1.807, 2.05) is 18.2 Å². The average Bonchev–Trinajstić information content (AvgIpc) is 2.75. The van der Waals surface area contributed by atoms with Gasteiger partial charge in [0.2, 0.25) is 0 Å². The minimum atomic E-state index is -0.280. The number of anilines is 1. The van der Waals surface area contributed by atoms with E-state index in [0.29, 0.717) is 12.2 Å². The minimum absolute atomic E-state index is 0.107. The van der Waals surface area contributed by atoms with Crippen LogP contribution in [0.4, 0.5) is 10.5 Å². The van der Waals surface area contributed by atoms with Crippen molar-refractivity contribution >= 4 is 17.6 Å². The first kappa shape index (κ1) is 12.3. The Bertz CT molecular complexity index is 628. The van der Waals surface area contributed by atoms with Crippen molar-refractivity contribution in [1.29, 1.82) is 0 Å². The van der Waals surface area contributed by atoms with Gasteiger partial charge in [0, 0.05) is 18.9 Å². The Hall–Kier alpha value is -2.69. The number of hydrogen-bond acceptors (Lipinski definition) is 3. The summed E-state index contributed by atoms with van der Waals surface area (Å²) in [7, 11) is 0. The van der Waals surface area contributed by atoms with Crippen molar-refractivity contribution < 1.29 is 9.59 Å². The van der Waals surface area contributed by atoms with E-state index < -0.39 is 0 Å². The summed E-state index contributed by atoms with van der Waals surface area (Å²) in [5.41, 5.74) is 1.57. The Morgan fingerprint density at radius 3 is 2.40 bits per heavy atom. The fourth-order valence-electron chi connectivity index (χ4n) is 2.21. The minimum Gasteiger partial charge on any atom is -0.310 e. The lowest BCUT2D eigenvalue weighted by atomic mass is 10.2. The maximum absolute atomic E-state index is 12.3. The summed E-state index contributed by atoms with van der Waals surface area (Å²) in [4.78, 5) is 31.1. The molecule has 5 nitrogen and oxygen atoms in total. The SMILES string of the molecule is O=C1CN(Cc2ccncc2)C(=O)N1c1ccccc1. The maximum Gasteiger partial charge on any atom is 0.332 e. The zero-order valence-electron chi connectivity index (χ0n) is 10.8. The van der Waals surface area contributed by atoms with Crippen molar-refractivity contribution in [3.63, 3.8) is 0 Å². The second-order valence-electron chi connectivity index (χ2n) is 4.56. The molecule has 0 spiro atoms. The van der Waals surface area contributed by atoms with Gasteiger partial charge in [0.1, 0.15) is 6.54 Å². The van der Waals surface area contributed by atoms with Crippen LogP contribution in [0, 0.1) is 0 Å². The molecule has 20 heavy (non-hydrogen) atoms. The van der Waals surface area contributed by atoms with Gasteiger partial charge in [-0.05, 0) is 29.8 Å². The molecule has 0 unspecified atom stereocenters. The molecule has 1 aromatic carbocycles. The molecule has 0 N–H and O–H groups in total. The van der Waals surface area contributed by atoms with Gasteiger partial charge in [0.05, 0.1) is 5.69 Å². The van der Waals surface area contributed by atoms with Crippen molar-refractivity contribution in [3.8, 4) is 0 Å². The zero-order chi connectivity index (χ0) is 13.9. The highest BCUT2D eigenvalue weighted by atomic mass is 16.2. The van der Waals surface area contributed by atoms with Gasteiger partial charge >= 0.3 is 6.03 Å². The van der Waals surface area contributed by atoms with E-state index in [1.54, 1.807) is 36.7 Å². The fraction of sp³-hybridized carbons (Fsp3) is 0.133. The van der Waals surface area contributed by atoms with Crippen LogP contribution in [0.1, 0.15) is 5.56 Å². The molecule has 0 atom stereocenters. The molecule has 2 aromatic rings. The quantitative estimate of drug-likeness (QED) is 0.800. The van der Waals surface area contributed by atoms with Crippen LogP contribution in [0.3, 0.4) is 0 Å². The van der Waals surface area contributed by atoms with E-state index in [4.69, 9.17) is 0 Å². The van der Waals surface area contributed by atoms with Crippen LogP contribution < -0.4 is 4.90 Å². The maximum atomic E-state index is 12.3. The highest BCUT2D eigenvalue weighted by molar-refractivity contribution is 6.19. The van der Waals surface area contributed by atoms with Crippen molar-refractivity contribution in [2.45, 2.75) is 6.54 Å². The molecule has 1 fully saturated rings. The average molecular weight is 267 g/mol. The van der Waals surface area contributed by atoms with Crippen LogP contribution in [-0.4, -0.2) is 28.4 Å². The number of carbonyl (C=O) groups excluding carboxylic acids is 2. The van der Waals surface area contributed by atoms with Crippen LogP contribution in [0.5, 0.6) is 0 Å². The first-order valence-electron chi connectivity index (χ1n) is 6.31. The first-order chi connectivity index (χ1) is 9.75. The van der Waals surface area contributed by atoms with Crippen LogP contribution >= 0.6 is 0 Å². The summed E-state index contributed by atoms with van der Waals surface area (Å²) in [6, 6.07) is 12.4. The molecule has 1 aromatic heterocycles. The van der Waals surface area contributed by atoms with Gasteiger partial charge < -0.3 is 4.90 Å². The van der Waals surface area contributed by atoms with Crippen LogP contribution in [0.2, 0.25) is 0 Å². The number of carbonyl (C=O) groups is 2. The Morgan fingerprint density at radius 2 is 1.70 bits per heavy atom. The van der Waals surface area contributed by atoms with Crippen LogP contribution in [-0.2, 0) is 11.3 Å². The summed E-state index contributed by atoms with van der Waals surface area (Å²) in [6.45, 7) is 0.520. The summed E-state index contributed by atoms with van der Waals surface area (Å²) in [6.07, 6.45) is 3.35. The number of pyridine rings is 1. The van der Waals surface area contributed by atoms with Crippen LogP contribution in [0.15, 0.2) is 54.9 Å². The number of benzene rings is 1. The second kappa shape index (κ2) is 5.13. The van der Waals surface area contributed by atoms with E-state index in [-0.39, 0.29) is 18.5 Å². The summed E-state index contributed by atoms with van der Waals surface area (Å²) < 4.78 is 0. The summed E-state index contributed by atoms with van der Waals surface area (Å²) >= 11 is 0. The number of rotatable bonds is 3. The smallest absolute Gasteiger partial charge is 0.310 e. The molecule has 1 aliphatic rings. The number of aromatic nitrogens is 1. The van der Waals surface area contributed by atoms with Crippen molar-refractivity contribution in [2.75, 3.05) is 11.4 Å². The second-order valence-corrected chi connectivity index (χ2v) is 4.56. The Balaban J connectivity index is 1.81. The standard InChI is InChI=1S/C15H13N3O2/c19-14-11-17(10-12-6-8-16-9-7-12)15(20)18(14)13-4-2-1-3-5-13/h1-9H,10-11H2. The normalized spacial score (nSPS) is 15.0. The number of para-hydroxylation sites is 1. The summed E-state index contributed by atoms with van der Waals surface area (Å²) in [5, 5.41) is 0. The predicted octanol–water partition coefficient (Wildman–Crippen LogP) is 2.05. The molecule has 3 rings (SSSR count). The summed E-state index contributed by atoms with van der Waals surface area (Å²) in [5.74, 6) is -0.199. The van der Waals surface area contributed by atoms with Gasteiger partial charge in [-0.15, -0.1) is 0 Å². The van der Waals surface area contributed by atoms with E-state index >= 15 is 0 Å². The molecule has 2 heterocycles. The highest BCUT2D eigenvalue weighted by Gasteiger charge is 2.36. The van der Waals surface area contributed by atoms with E-state index in [9.17, 15) is 9.59 Å². The Kier molecular flexibility index (Phi) is 3.16. The van der Waals surface area contributed by atoms with Gasteiger partial charge in [-0.1, -0.05) is 18.2 Å². The molecule has 0 saturated carbocycles. The fourth-order valence-corrected chi connectivity index (χ4v) is 2.21. The van der Waals surface area contributed by atoms with E-state index in [2.05, 4.69) is 4.98 Å². The monoisotopic (exact) mass is 267 g/mol. The van der Waals surface area contributed by atoms with Crippen molar-refractivity contribution in [3.05, 3.63) is 60.4 Å². The van der Waals surface area contributed by atoms with Crippen LogP contribution in [0.25, 0.3) is 0 Å². The van der Waals surface area contributed by atoms with Crippen molar-refractivity contribution in [1.82, 2.24) is 9.88 Å². The molecular formula is C15H13N3O2. The van der Waals surface area contributed by atoms with Gasteiger partial charge in [0.15, 0.2) is 0 Å². The lowest BCUT2D eigenvalue weighted by Crippen LogP contribution is -2.32. The number of urea groups is 1. The third-order valence-corrected chi connectivity index (χ3v) is 3.17. The Morgan fingerprint density at radius 1 is 1.00 bits per heavy atom. The van der Waals surface area contributed by atoms with Gasteiger partial charge in [0.25, 0.3) is 5.91 Å². The molecular weight excluding hydrogens is 254 g/mol. The van der Waals surface area contributed by atoms with E-state index in [0.717, 1.165) is 5.56 Å². The van der Waals surface area contributed by atoms with Gasteiger partial charge in [-0.25, -0.2) is 9.69 Å². The molecule has 0 aliphatic carbocycles. The Labute approximate surface area is 116 Å². The van der Waals surface area contributed by atoms with E-state index in [1.165, 1.54) is 9.80 Å². The number of amides is 3. The molecule has 1 saturated heterocycles. The van der Waals surface area contributed by atoms with Gasteiger partial charge in [-0.3, -0.25) is 9.78 Å². The molecule has 0 bridgehead atoms. The third kappa shape index (κ3) is 2.25. The molecule has 5 heteroatoms. The number of imide groups is 1. The van der Waals surface area contributed by atoms with Crippen molar-refractivity contribution in [2.24, 2.45) is 0 Å². The number of hydrogen-bond donors (Lipinski definition) is 0. The first-order valence-corrected chi connectivity index (χ1v) is 6.31. The molecule has 100 valence electrons. The van der Waals surface area contributed by atoms with Gasteiger partial charge in [-0.2, -0.15) is 0 Å². The lowest BCUT2D eigenvalue weighted by molar-refractivity contribution is -0.116. The highest BCUT2D eigenvalue weighted by Crippen LogP contribution is 2.22. The largest absolute Gasteiger partial charge is 0.332 e.